The number of carbonyl (C=O) groups excluding carboxylic acids is 3. The van der Waals surface area contributed by atoms with Crippen LogP contribution in [0.3, 0.4) is 0 Å². The van der Waals surface area contributed by atoms with E-state index >= 15 is 0 Å². The maximum absolute atomic E-state index is 13.2. The number of esters is 1. The molecule has 0 unspecified atom stereocenters. The summed E-state index contributed by atoms with van der Waals surface area (Å²) < 4.78 is 15.8. The molecule has 3 aromatic rings. The number of carbonyl (C=O) groups is 3. The summed E-state index contributed by atoms with van der Waals surface area (Å²) >= 11 is 0. The molecule has 0 spiro atoms. The van der Waals surface area contributed by atoms with Gasteiger partial charge in [0.1, 0.15) is 13.2 Å². The van der Waals surface area contributed by atoms with Crippen molar-refractivity contribution in [2.75, 3.05) is 6.61 Å². The van der Waals surface area contributed by atoms with Crippen molar-refractivity contribution in [3.8, 4) is 0 Å². The van der Waals surface area contributed by atoms with E-state index in [4.69, 9.17) is 14.2 Å². The fraction of sp³-hybridized carbons (Fsp3) is 0.207. The average molecular weight is 503 g/mol. The van der Waals surface area contributed by atoms with Crippen LogP contribution in [-0.4, -0.2) is 35.8 Å². The molecule has 8 nitrogen and oxygen atoms in total. The Kier molecular flexibility index (Phi) is 10.7. The maximum atomic E-state index is 13.2. The first kappa shape index (κ1) is 27.0. The molecule has 0 fully saturated rings. The summed E-state index contributed by atoms with van der Waals surface area (Å²) in [6.45, 7) is 1.92. The van der Waals surface area contributed by atoms with Crippen LogP contribution >= 0.6 is 0 Å². The van der Waals surface area contributed by atoms with Crippen molar-refractivity contribution in [3.05, 3.63) is 120 Å². The fourth-order valence-corrected chi connectivity index (χ4v) is 3.39. The molecule has 1 N–H and O–H groups in total. The van der Waals surface area contributed by atoms with Gasteiger partial charge in [0.15, 0.2) is 0 Å². The summed E-state index contributed by atoms with van der Waals surface area (Å²) in [5, 5.41) is 1.03. The second-order valence-corrected chi connectivity index (χ2v) is 7.95. The van der Waals surface area contributed by atoms with E-state index in [1.54, 1.807) is 6.92 Å². The smallest absolute Gasteiger partial charge is 0.429 e. The van der Waals surface area contributed by atoms with Crippen molar-refractivity contribution < 1.29 is 28.6 Å². The van der Waals surface area contributed by atoms with Gasteiger partial charge in [-0.15, -0.1) is 0 Å². The number of hydrazine groups is 1. The van der Waals surface area contributed by atoms with Gasteiger partial charge in [0.05, 0.1) is 12.6 Å². The predicted octanol–water partition coefficient (Wildman–Crippen LogP) is 5.20. The second-order valence-electron chi connectivity index (χ2n) is 7.95. The van der Waals surface area contributed by atoms with Crippen molar-refractivity contribution in [1.82, 2.24) is 10.4 Å². The van der Waals surface area contributed by atoms with Crippen molar-refractivity contribution in [2.45, 2.75) is 32.6 Å². The van der Waals surface area contributed by atoms with E-state index in [1.807, 2.05) is 91.0 Å². The number of benzene rings is 3. The van der Waals surface area contributed by atoms with E-state index in [0.717, 1.165) is 21.7 Å². The van der Waals surface area contributed by atoms with Crippen LogP contribution in [0.15, 0.2) is 103 Å². The zero-order chi connectivity index (χ0) is 26.3. The minimum Gasteiger partial charge on any atom is -0.463 e. The van der Waals surface area contributed by atoms with Gasteiger partial charge in [-0.2, -0.15) is 0 Å². The molecular weight excluding hydrogens is 472 g/mol. The summed E-state index contributed by atoms with van der Waals surface area (Å²) in [6.07, 6.45) is 1.35. The van der Waals surface area contributed by atoms with Gasteiger partial charge in [-0.25, -0.2) is 24.8 Å². The topological polar surface area (TPSA) is 94.2 Å². The normalized spacial score (nSPS) is 11.4. The number of rotatable bonds is 10. The maximum Gasteiger partial charge on any atom is 0.429 e. The molecule has 0 aliphatic heterocycles. The van der Waals surface area contributed by atoms with Crippen molar-refractivity contribution in [3.63, 3.8) is 0 Å². The highest BCUT2D eigenvalue weighted by Crippen LogP contribution is 2.13. The Morgan fingerprint density at radius 1 is 0.757 bits per heavy atom. The third-order valence-corrected chi connectivity index (χ3v) is 5.19. The van der Waals surface area contributed by atoms with E-state index in [2.05, 4.69) is 5.43 Å². The summed E-state index contributed by atoms with van der Waals surface area (Å²) in [7, 11) is 0. The number of hydrogen-bond donors (Lipinski definition) is 1. The number of hydrogen-bond acceptors (Lipinski definition) is 6. The molecule has 1 atom stereocenters. The molecule has 0 aliphatic carbocycles. The number of amides is 2. The van der Waals surface area contributed by atoms with Gasteiger partial charge < -0.3 is 14.2 Å². The fourth-order valence-electron chi connectivity index (χ4n) is 3.39. The highest BCUT2D eigenvalue weighted by Gasteiger charge is 2.27. The van der Waals surface area contributed by atoms with E-state index < -0.39 is 24.2 Å². The Bertz CT molecular complexity index is 1150. The van der Waals surface area contributed by atoms with Crippen LogP contribution in [0.5, 0.6) is 0 Å². The molecule has 3 rings (SSSR count). The van der Waals surface area contributed by atoms with Gasteiger partial charge in [0, 0.05) is 6.08 Å². The second kappa shape index (κ2) is 14.7. The van der Waals surface area contributed by atoms with Gasteiger partial charge in [0.2, 0.25) is 0 Å². The van der Waals surface area contributed by atoms with Crippen LogP contribution in [0, 0.1) is 0 Å². The molecule has 0 aromatic heterocycles. The van der Waals surface area contributed by atoms with E-state index in [1.165, 1.54) is 12.2 Å². The molecule has 0 bridgehead atoms. The predicted molar refractivity (Wildman–Crippen MR) is 138 cm³/mol. The third-order valence-electron chi connectivity index (χ3n) is 5.19. The summed E-state index contributed by atoms with van der Waals surface area (Å²) in [4.78, 5) is 37.9. The van der Waals surface area contributed by atoms with E-state index in [-0.39, 0.29) is 26.2 Å². The van der Waals surface area contributed by atoms with Gasteiger partial charge in [-0.1, -0.05) is 97.1 Å². The van der Waals surface area contributed by atoms with Crippen LogP contribution in [0.1, 0.15) is 23.6 Å². The highest BCUT2D eigenvalue weighted by atomic mass is 16.6. The molecule has 0 radical (unpaired) electrons. The molecule has 192 valence electrons. The van der Waals surface area contributed by atoms with Crippen LogP contribution in [-0.2, 0) is 38.6 Å². The molecule has 8 heteroatoms. The molecule has 3 aromatic carbocycles. The summed E-state index contributed by atoms with van der Waals surface area (Å²) in [5.74, 6) is -0.565. The Morgan fingerprint density at radius 2 is 1.27 bits per heavy atom. The Balaban J connectivity index is 1.81. The number of nitrogens with one attached hydrogen (secondary N) is 1. The van der Waals surface area contributed by atoms with Gasteiger partial charge in [-0.3, -0.25) is 0 Å². The molecule has 0 saturated heterocycles. The lowest BCUT2D eigenvalue weighted by Gasteiger charge is -2.29. The monoisotopic (exact) mass is 502 g/mol. The minimum absolute atomic E-state index is 0.00341. The largest absolute Gasteiger partial charge is 0.463 e. The molecule has 37 heavy (non-hydrogen) atoms. The van der Waals surface area contributed by atoms with Gasteiger partial charge >= 0.3 is 18.2 Å². The van der Waals surface area contributed by atoms with Gasteiger partial charge in [0.25, 0.3) is 0 Å². The summed E-state index contributed by atoms with van der Waals surface area (Å²) in [6, 6.07) is 26.9. The number of nitrogens with zero attached hydrogens (tertiary/aromatic N) is 1. The first-order valence-corrected chi connectivity index (χ1v) is 11.9. The Morgan fingerprint density at radius 3 is 1.81 bits per heavy atom. The Labute approximate surface area is 216 Å². The first-order chi connectivity index (χ1) is 18.0. The van der Waals surface area contributed by atoms with Crippen molar-refractivity contribution >= 4 is 18.2 Å². The standard InChI is InChI=1S/C29H30N2O6/c1-2-35-27(32)19-18-26(20-23-12-6-3-7-13-23)31(29(34)37-22-25-16-10-5-11-17-25)30-28(33)36-21-24-14-8-4-9-15-24/h3-19,26H,2,20-22H2,1H3,(H,30,33)/b19-18+/t26-/m0/s1. The first-order valence-electron chi connectivity index (χ1n) is 11.9. The zero-order valence-electron chi connectivity index (χ0n) is 20.6. The average Bonchev–Trinajstić information content (AvgIpc) is 2.93. The number of ether oxygens (including phenoxy) is 3. The van der Waals surface area contributed by atoms with E-state index in [9.17, 15) is 14.4 Å². The Hall–Kier alpha value is -4.59. The van der Waals surface area contributed by atoms with Crippen molar-refractivity contribution in [1.29, 1.82) is 0 Å². The minimum atomic E-state index is -0.844. The van der Waals surface area contributed by atoms with E-state index in [0.29, 0.717) is 0 Å². The quantitative estimate of drug-likeness (QED) is 0.177. The molecule has 2 amide bonds. The zero-order valence-corrected chi connectivity index (χ0v) is 20.6. The molecule has 0 aliphatic rings. The lowest BCUT2D eigenvalue weighted by Crippen LogP contribution is -2.52. The van der Waals surface area contributed by atoms with Crippen molar-refractivity contribution in [2.24, 2.45) is 0 Å². The lowest BCUT2D eigenvalue weighted by molar-refractivity contribution is -0.137. The highest BCUT2D eigenvalue weighted by molar-refractivity contribution is 5.82. The van der Waals surface area contributed by atoms with Crippen LogP contribution in [0.25, 0.3) is 0 Å². The molecular formula is C29H30N2O6. The molecule has 0 saturated carbocycles. The van der Waals surface area contributed by atoms with Crippen LogP contribution < -0.4 is 5.43 Å². The van der Waals surface area contributed by atoms with Crippen LogP contribution in [0.2, 0.25) is 0 Å². The SMILES string of the molecule is CCOC(=O)/C=C/[C@@H](Cc1ccccc1)N(NC(=O)OCc1ccccc1)C(=O)OCc1ccccc1. The summed E-state index contributed by atoms with van der Waals surface area (Å²) in [5.41, 5.74) is 4.94. The van der Waals surface area contributed by atoms with Crippen LogP contribution in [0.4, 0.5) is 9.59 Å². The van der Waals surface area contributed by atoms with Gasteiger partial charge in [-0.05, 0) is 30.0 Å². The molecule has 0 heterocycles. The third kappa shape index (κ3) is 9.52. The lowest BCUT2D eigenvalue weighted by atomic mass is 10.1.